The molecule has 1 aliphatic rings. The Morgan fingerprint density at radius 3 is 2.71 bits per heavy atom. The van der Waals surface area contributed by atoms with Gasteiger partial charge in [0.15, 0.2) is 11.5 Å². The molecule has 4 heteroatoms. The number of rotatable bonds is 3. The molecule has 1 aliphatic heterocycles. The van der Waals surface area contributed by atoms with E-state index in [0.29, 0.717) is 18.0 Å². The number of methoxy groups -OCH3 is 2. The van der Waals surface area contributed by atoms with Crippen molar-refractivity contribution < 1.29 is 15.6 Å². The highest BCUT2D eigenvalue weighted by Crippen LogP contribution is 2.37. The van der Waals surface area contributed by atoms with Crippen molar-refractivity contribution in [3.05, 3.63) is 23.3 Å². The Labute approximate surface area is 103 Å². The quantitative estimate of drug-likeness (QED) is 0.751. The van der Waals surface area contributed by atoms with Crippen LogP contribution in [0.5, 0.6) is 11.5 Å². The number of nitrogens with zero attached hydrogens (tertiary/aromatic N) is 1. The highest BCUT2D eigenvalue weighted by atomic mass is 16.5. The minimum Gasteiger partial charge on any atom is -0.493 e. The van der Waals surface area contributed by atoms with Crippen molar-refractivity contribution in [2.75, 3.05) is 20.8 Å². The first-order valence-electron chi connectivity index (χ1n) is 6.21. The molecule has 0 aliphatic carbocycles. The lowest BCUT2D eigenvalue weighted by Crippen LogP contribution is -2.32. The summed E-state index contributed by atoms with van der Waals surface area (Å²) in [5.41, 5.74) is 2.11. The molecule has 0 unspecified atom stereocenters. The molecule has 0 bridgehead atoms. The molecule has 0 saturated carbocycles. The third kappa shape index (κ3) is 1.95. The third-order valence-corrected chi connectivity index (χ3v) is 3.18. The Bertz CT molecular complexity index is 450. The van der Waals surface area contributed by atoms with Crippen LogP contribution in [0.3, 0.4) is 0 Å². The fourth-order valence-electron chi connectivity index (χ4n) is 2.17. The summed E-state index contributed by atoms with van der Waals surface area (Å²) >= 11 is 0. The van der Waals surface area contributed by atoms with E-state index in [4.69, 9.17) is 10.8 Å². The van der Waals surface area contributed by atoms with Gasteiger partial charge < -0.3 is 14.4 Å². The second-order valence-electron chi connectivity index (χ2n) is 4.02. The van der Waals surface area contributed by atoms with Crippen LogP contribution in [0.2, 0.25) is 0 Å². The van der Waals surface area contributed by atoms with Gasteiger partial charge in [-0.25, -0.2) is 0 Å². The summed E-state index contributed by atoms with van der Waals surface area (Å²) in [6.07, 6.45) is 1.60. The van der Waals surface area contributed by atoms with Crippen LogP contribution < -0.4 is 9.47 Å². The Morgan fingerprint density at radius 2 is 2.12 bits per heavy atom. The molecule has 1 atom stereocenters. The molecule has 0 fully saturated rings. The molecular formula is C13H17NO3. The van der Waals surface area contributed by atoms with Gasteiger partial charge >= 0.3 is 0 Å². The van der Waals surface area contributed by atoms with Crippen LogP contribution in [0.25, 0.3) is 0 Å². The first kappa shape index (κ1) is 10.4. The maximum Gasteiger partial charge on any atom is 0.210 e. The lowest BCUT2D eigenvalue weighted by molar-refractivity contribution is -0.120. The summed E-state index contributed by atoms with van der Waals surface area (Å²) in [5.74, 6) is 1.34. The molecule has 1 aromatic carbocycles. The average molecular weight is 236 g/mol. The number of ether oxygens (including phenoxy) is 2. The monoisotopic (exact) mass is 236 g/mol. The van der Waals surface area contributed by atoms with E-state index in [1.165, 1.54) is 0 Å². The van der Waals surface area contributed by atoms with Gasteiger partial charge in [0.05, 0.1) is 20.3 Å². The van der Waals surface area contributed by atoms with Gasteiger partial charge in [-0.15, -0.1) is 0 Å². The van der Waals surface area contributed by atoms with Crippen molar-refractivity contribution in [2.24, 2.45) is 0 Å². The molecular weight excluding hydrogens is 218 g/mol. The summed E-state index contributed by atoms with van der Waals surface area (Å²) in [4.78, 5) is 12.7. The molecule has 0 spiro atoms. The predicted octanol–water partition coefficient (Wildman–Crippen LogP) is 1.78. The zero-order valence-corrected chi connectivity index (χ0v) is 10.1. The number of benzene rings is 1. The summed E-state index contributed by atoms with van der Waals surface area (Å²) in [6, 6.07) is 3.63. The summed E-state index contributed by atoms with van der Waals surface area (Å²) < 4.78 is 18.2. The van der Waals surface area contributed by atoms with E-state index >= 15 is 0 Å². The summed E-state index contributed by atoms with van der Waals surface area (Å²) in [6.45, 7) is 0.802. The molecule has 17 heavy (non-hydrogen) atoms. The molecule has 0 N–H and O–H groups in total. The van der Waals surface area contributed by atoms with Crippen LogP contribution in [0.1, 0.15) is 25.4 Å². The molecule has 0 saturated heterocycles. The van der Waals surface area contributed by atoms with Gasteiger partial charge in [-0.1, -0.05) is 0 Å². The highest BCUT2D eigenvalue weighted by molar-refractivity contribution is 5.54. The molecule has 1 amide bonds. The van der Waals surface area contributed by atoms with Crippen molar-refractivity contribution in [1.29, 1.82) is 0 Å². The number of hydrogen-bond donors (Lipinski definition) is 0. The van der Waals surface area contributed by atoms with Crippen LogP contribution in [0, 0.1) is 0 Å². The highest BCUT2D eigenvalue weighted by Gasteiger charge is 2.24. The van der Waals surface area contributed by atoms with Gasteiger partial charge in [0.25, 0.3) is 0 Å². The first-order chi connectivity index (χ1) is 8.74. The van der Waals surface area contributed by atoms with Crippen LogP contribution in [0.15, 0.2) is 12.1 Å². The summed E-state index contributed by atoms with van der Waals surface area (Å²) in [5, 5.41) is 0. The van der Waals surface area contributed by atoms with E-state index in [1.807, 2.05) is 12.1 Å². The molecule has 4 nitrogen and oxygen atoms in total. The lowest BCUT2D eigenvalue weighted by Gasteiger charge is -2.32. The third-order valence-electron chi connectivity index (χ3n) is 3.18. The van der Waals surface area contributed by atoms with Crippen molar-refractivity contribution in [3.8, 4) is 11.5 Å². The van der Waals surface area contributed by atoms with E-state index in [1.54, 1.807) is 19.1 Å². The first-order valence-corrected chi connectivity index (χ1v) is 5.50. The number of amides is 1. The van der Waals surface area contributed by atoms with Crippen molar-refractivity contribution in [1.82, 2.24) is 4.90 Å². The second-order valence-corrected chi connectivity index (χ2v) is 4.02. The largest absolute Gasteiger partial charge is 0.493 e. The molecule has 0 radical (unpaired) electrons. The smallest absolute Gasteiger partial charge is 0.210 e. The predicted molar refractivity (Wildman–Crippen MR) is 64.4 cm³/mol. The van der Waals surface area contributed by atoms with Gasteiger partial charge in [-0.2, -0.15) is 0 Å². The topological polar surface area (TPSA) is 38.8 Å². The van der Waals surface area contributed by atoms with Crippen molar-refractivity contribution >= 4 is 6.41 Å². The second kappa shape index (κ2) is 4.65. The van der Waals surface area contributed by atoms with Gasteiger partial charge in [0.2, 0.25) is 6.41 Å². The fourth-order valence-corrected chi connectivity index (χ4v) is 2.17. The zero-order chi connectivity index (χ0) is 13.1. The van der Waals surface area contributed by atoms with E-state index in [9.17, 15) is 4.79 Å². The average Bonchev–Trinajstić information content (AvgIpc) is 2.44. The minimum atomic E-state index is -0.189. The molecule has 2 rings (SSSR count). The molecule has 92 valence electrons. The molecule has 1 heterocycles. The lowest BCUT2D eigenvalue weighted by atomic mass is 9.93. The van der Waals surface area contributed by atoms with E-state index in [0.717, 1.165) is 24.0 Å². The van der Waals surface area contributed by atoms with Crippen LogP contribution >= 0.6 is 0 Å². The minimum absolute atomic E-state index is 0.154. The normalized spacial score (nSPS) is 19.3. The van der Waals surface area contributed by atoms with E-state index in [2.05, 4.69) is 0 Å². The Hall–Kier alpha value is -1.71. The maximum absolute atomic E-state index is 11.0. The number of carbonyl (C=O) groups excluding carboxylic acids is 1. The number of fused-ring (bicyclic) bond motifs is 1. The molecule has 1 aromatic rings. The Kier molecular flexibility index (Phi) is 2.86. The standard InChI is InChI=1S/C13H17NO3/c1-9-11-7-13(17-3)12(16-2)6-10(11)4-5-14(9)8-15/h6-9H,4-5H2,1-3H3/t9-/m0/s1/i1D. The van der Waals surface area contributed by atoms with Gasteiger partial charge in [0, 0.05) is 7.92 Å². The SMILES string of the molecule is [2H]C[C@H]1c2cc(OC)c(OC)cc2CCN1C=O. The summed E-state index contributed by atoms with van der Waals surface area (Å²) in [7, 11) is 3.19. The zero-order valence-electron chi connectivity index (χ0n) is 11.1. The van der Waals surface area contributed by atoms with Crippen LogP contribution in [0.4, 0.5) is 0 Å². The maximum atomic E-state index is 11.0. The van der Waals surface area contributed by atoms with E-state index in [-0.39, 0.29) is 12.9 Å². The number of carbonyl (C=O) groups is 1. The van der Waals surface area contributed by atoms with Crippen molar-refractivity contribution in [2.45, 2.75) is 19.4 Å². The number of hydrogen-bond acceptors (Lipinski definition) is 3. The Balaban J connectivity index is 2.48. The van der Waals surface area contributed by atoms with Crippen LogP contribution in [-0.2, 0) is 11.2 Å². The van der Waals surface area contributed by atoms with Crippen LogP contribution in [-0.4, -0.2) is 32.1 Å². The van der Waals surface area contributed by atoms with Gasteiger partial charge in [-0.3, -0.25) is 4.79 Å². The molecule has 0 aromatic heterocycles. The van der Waals surface area contributed by atoms with Crippen molar-refractivity contribution in [3.63, 3.8) is 0 Å². The van der Waals surface area contributed by atoms with E-state index < -0.39 is 0 Å². The van der Waals surface area contributed by atoms with Gasteiger partial charge in [-0.05, 0) is 36.6 Å². The van der Waals surface area contributed by atoms with Gasteiger partial charge in [0.1, 0.15) is 0 Å². The Morgan fingerprint density at radius 1 is 1.41 bits per heavy atom. The fraction of sp³-hybridized carbons (Fsp3) is 0.462.